The zero-order chi connectivity index (χ0) is 22.9. The Morgan fingerprint density at radius 3 is 1.11 bits per heavy atom. The molecule has 0 aromatic heterocycles. The predicted octanol–water partition coefficient (Wildman–Crippen LogP) is 5.50. The molecule has 0 nitrogen and oxygen atoms in total. The second kappa shape index (κ2) is 6.40. The molecule has 0 radical (unpaired) electrons. The Kier molecular flexibility index (Phi) is 5.68. The van der Waals surface area contributed by atoms with Crippen LogP contribution < -0.4 is 0 Å². The van der Waals surface area contributed by atoms with E-state index in [2.05, 4.69) is 0 Å². The second-order valence-electron chi connectivity index (χ2n) is 5.70. The minimum atomic E-state index is -8.21. The largest absolute Gasteiger partial charge is 0.384 e. The van der Waals surface area contributed by atoms with Crippen LogP contribution in [0.5, 0.6) is 0 Å². The first-order valence-electron chi connectivity index (χ1n) is 6.51. The van der Waals surface area contributed by atoms with Crippen molar-refractivity contribution < 1.29 is 74.6 Å². The zero-order valence-corrected chi connectivity index (χ0v) is 12.3. The van der Waals surface area contributed by atoms with E-state index in [4.69, 9.17) is 0 Å². The lowest BCUT2D eigenvalue weighted by Crippen LogP contribution is -2.71. The second-order valence-corrected chi connectivity index (χ2v) is 5.70. The van der Waals surface area contributed by atoms with Crippen LogP contribution in [0.2, 0.25) is 0 Å². The van der Waals surface area contributed by atoms with Gasteiger partial charge in [-0.25, -0.2) is 22.0 Å². The Morgan fingerprint density at radius 2 is 0.714 bits per heavy atom. The maximum absolute atomic E-state index is 13.2. The van der Waals surface area contributed by atoms with Gasteiger partial charge in [-0.3, -0.25) is 0 Å². The molecule has 1 rings (SSSR count). The van der Waals surface area contributed by atoms with Crippen LogP contribution in [-0.2, 0) is 0 Å². The van der Waals surface area contributed by atoms with E-state index in [-0.39, 0.29) is 0 Å². The summed E-state index contributed by atoms with van der Waals surface area (Å²) >= 11 is 0. The van der Waals surface area contributed by atoms with Crippen LogP contribution in [-0.4, -0.2) is 66.4 Å². The van der Waals surface area contributed by atoms with Crippen molar-refractivity contribution in [2.24, 2.45) is 0 Å². The Balaban J connectivity index is 3.94. The first-order valence-corrected chi connectivity index (χ1v) is 6.51. The monoisotopic (exact) mass is 460 g/mol. The minimum Gasteiger partial charge on any atom is -0.241 e. The van der Waals surface area contributed by atoms with Crippen LogP contribution in [0, 0.1) is 0 Å². The lowest BCUT2D eigenvalue weighted by Gasteiger charge is -2.41. The molecule has 28 heavy (non-hydrogen) atoms. The lowest BCUT2D eigenvalue weighted by molar-refractivity contribution is -0.418. The van der Waals surface area contributed by atoms with E-state index < -0.39 is 66.4 Å². The maximum Gasteiger partial charge on any atom is 0.384 e. The van der Waals surface area contributed by atoms with Gasteiger partial charge in [0.05, 0.1) is 0 Å². The van der Waals surface area contributed by atoms with Crippen molar-refractivity contribution in [3.63, 3.8) is 0 Å². The Bertz CT molecular complexity index is 582. The van der Waals surface area contributed by atoms with E-state index in [1.54, 1.807) is 0 Å². The highest BCUT2D eigenvalue weighted by Gasteiger charge is 2.90. The molecule has 0 N–H and O–H groups in total. The highest BCUT2D eigenvalue weighted by Crippen LogP contribution is 2.61. The van der Waals surface area contributed by atoms with Crippen LogP contribution in [0.4, 0.5) is 74.6 Å². The lowest BCUT2D eigenvalue weighted by atomic mass is 9.89. The van der Waals surface area contributed by atoms with Crippen molar-refractivity contribution in [2.45, 2.75) is 66.4 Å². The van der Waals surface area contributed by atoms with Gasteiger partial charge < -0.3 is 0 Å². The standard InChI is InChI=1S/C11H5F17/c12-1-2(13)4(15)7(19,20)9(23,24)11(27,28)10(25,26)8(21,22)5(16)6(17,18)3(1)14/h1-5H. The average molecular weight is 460 g/mol. The summed E-state index contributed by atoms with van der Waals surface area (Å²) in [6, 6.07) is 0. The number of hydrogen-bond acceptors (Lipinski definition) is 0. The summed E-state index contributed by atoms with van der Waals surface area (Å²) < 4.78 is 224. The first kappa shape index (κ1) is 24.8. The summed E-state index contributed by atoms with van der Waals surface area (Å²) in [5.74, 6) is -46.4. The molecule has 0 aromatic carbocycles. The predicted molar refractivity (Wildman–Crippen MR) is 54.2 cm³/mol. The Morgan fingerprint density at radius 1 is 0.393 bits per heavy atom. The van der Waals surface area contributed by atoms with Gasteiger partial charge in [0.1, 0.15) is 0 Å². The van der Waals surface area contributed by atoms with Gasteiger partial charge >= 0.3 is 35.5 Å². The van der Waals surface area contributed by atoms with Gasteiger partial charge in [0.15, 0.2) is 12.3 Å². The molecule has 0 spiro atoms. The van der Waals surface area contributed by atoms with Gasteiger partial charge in [-0.2, -0.15) is 52.7 Å². The Labute approximate surface area is 142 Å². The normalized spacial score (nSPS) is 41.7. The molecule has 17 heteroatoms. The molecule has 5 atom stereocenters. The van der Waals surface area contributed by atoms with E-state index in [0.717, 1.165) is 0 Å². The average Bonchev–Trinajstić information content (AvgIpc) is 2.56. The number of hydrogen-bond donors (Lipinski definition) is 0. The van der Waals surface area contributed by atoms with Crippen molar-refractivity contribution in [3.05, 3.63) is 0 Å². The van der Waals surface area contributed by atoms with Crippen LogP contribution in [0.3, 0.4) is 0 Å². The molecule has 0 heterocycles. The van der Waals surface area contributed by atoms with Gasteiger partial charge in [-0.1, -0.05) is 0 Å². The molecule has 0 aromatic rings. The highest BCUT2D eigenvalue weighted by molar-refractivity contribution is 5.16. The van der Waals surface area contributed by atoms with E-state index in [1.807, 2.05) is 0 Å². The summed E-state index contributed by atoms with van der Waals surface area (Å²) in [6.07, 6.45) is -27.7. The van der Waals surface area contributed by atoms with Crippen molar-refractivity contribution >= 4 is 0 Å². The summed E-state index contributed by atoms with van der Waals surface area (Å²) in [4.78, 5) is 0. The van der Waals surface area contributed by atoms with E-state index in [9.17, 15) is 74.6 Å². The molecule has 0 bridgehead atoms. The SMILES string of the molecule is FC1C(F)C(F)C(F)(F)C(F)(F)C(F)(F)C(F)(F)C(F)(F)C(F)C(F)(F)C1F. The maximum atomic E-state index is 13.2. The molecule has 1 saturated carbocycles. The molecule has 1 aliphatic carbocycles. The van der Waals surface area contributed by atoms with Gasteiger partial charge in [0.25, 0.3) is 0 Å². The fourth-order valence-electron chi connectivity index (χ4n) is 2.06. The molecule has 1 aliphatic rings. The highest BCUT2D eigenvalue weighted by atomic mass is 19.4. The summed E-state index contributed by atoms with van der Waals surface area (Å²) in [6.45, 7) is 0. The third kappa shape index (κ3) is 2.81. The third-order valence-electron chi connectivity index (χ3n) is 3.86. The molecule has 168 valence electrons. The van der Waals surface area contributed by atoms with Crippen molar-refractivity contribution in [2.75, 3.05) is 0 Å². The van der Waals surface area contributed by atoms with Gasteiger partial charge in [-0.05, 0) is 0 Å². The van der Waals surface area contributed by atoms with Crippen LogP contribution >= 0.6 is 0 Å². The van der Waals surface area contributed by atoms with E-state index in [0.29, 0.717) is 0 Å². The number of halogens is 17. The molecule has 5 unspecified atom stereocenters. The summed E-state index contributed by atoms with van der Waals surface area (Å²) in [7, 11) is 0. The third-order valence-corrected chi connectivity index (χ3v) is 3.86. The molecule has 0 aliphatic heterocycles. The zero-order valence-electron chi connectivity index (χ0n) is 12.3. The summed E-state index contributed by atoms with van der Waals surface area (Å²) in [5.41, 5.74) is 0. The molecule has 0 amide bonds. The van der Waals surface area contributed by atoms with Crippen molar-refractivity contribution in [1.82, 2.24) is 0 Å². The quantitative estimate of drug-likeness (QED) is 0.419. The van der Waals surface area contributed by atoms with E-state index >= 15 is 0 Å². The van der Waals surface area contributed by atoms with Crippen LogP contribution in [0.15, 0.2) is 0 Å². The first-order chi connectivity index (χ1) is 12.0. The fourth-order valence-corrected chi connectivity index (χ4v) is 2.06. The van der Waals surface area contributed by atoms with Gasteiger partial charge in [0, 0.05) is 0 Å². The van der Waals surface area contributed by atoms with E-state index in [1.165, 1.54) is 0 Å². The molecule has 1 fully saturated rings. The Hall–Kier alpha value is -1.19. The topological polar surface area (TPSA) is 0 Å². The number of rotatable bonds is 0. The molecule has 0 saturated heterocycles. The van der Waals surface area contributed by atoms with Crippen LogP contribution in [0.25, 0.3) is 0 Å². The summed E-state index contributed by atoms with van der Waals surface area (Å²) in [5, 5.41) is 0. The molecular formula is C11H5F17. The minimum absolute atomic E-state index is 5.12. The van der Waals surface area contributed by atoms with Gasteiger partial charge in [-0.15, -0.1) is 0 Å². The van der Waals surface area contributed by atoms with Crippen molar-refractivity contribution in [3.8, 4) is 0 Å². The van der Waals surface area contributed by atoms with Crippen LogP contribution in [0.1, 0.15) is 0 Å². The number of alkyl halides is 17. The van der Waals surface area contributed by atoms with Crippen molar-refractivity contribution in [1.29, 1.82) is 0 Å². The van der Waals surface area contributed by atoms with Gasteiger partial charge in [0.2, 0.25) is 18.5 Å². The molecular weight excluding hydrogens is 455 g/mol. The smallest absolute Gasteiger partial charge is 0.241 e. The fraction of sp³-hybridized carbons (Fsp3) is 1.00.